The molecule has 1 amide bonds. The maximum absolute atomic E-state index is 13.3. The predicted octanol–water partition coefficient (Wildman–Crippen LogP) is 3.54. The molecule has 2 rings (SSSR count). The second kappa shape index (κ2) is 13.6. The molecule has 186 valence electrons. The van der Waals surface area contributed by atoms with E-state index in [1.165, 1.54) is 0 Å². The number of rotatable bonds is 14. The standard InChI is InChI=1S/C26H43N3O4/c1-6-8-16-28(17-10-9-15-27(3)4)24(30)19-29-18-22(25(26(31)32)23(29)7-2)20-11-13-21(33-5)14-12-20/h11-14,22-23,25H,6-10,15-19H2,1-5H3,(H,31,32). The van der Waals surface area contributed by atoms with Crippen molar-refractivity contribution < 1.29 is 19.4 Å². The molecule has 1 heterocycles. The predicted molar refractivity (Wildman–Crippen MR) is 132 cm³/mol. The third-order valence-corrected chi connectivity index (χ3v) is 6.75. The minimum absolute atomic E-state index is 0.117. The molecule has 1 fully saturated rings. The minimum Gasteiger partial charge on any atom is -0.497 e. The molecule has 0 saturated carbocycles. The molecule has 0 radical (unpaired) electrons. The number of benzene rings is 1. The number of aliphatic carboxylic acids is 1. The summed E-state index contributed by atoms with van der Waals surface area (Å²) in [6, 6.07) is 7.51. The number of nitrogens with zero attached hydrogens (tertiary/aromatic N) is 3. The smallest absolute Gasteiger partial charge is 0.308 e. The molecule has 1 aromatic carbocycles. The van der Waals surface area contributed by atoms with Gasteiger partial charge < -0.3 is 19.6 Å². The van der Waals surface area contributed by atoms with Gasteiger partial charge in [-0.25, -0.2) is 0 Å². The van der Waals surface area contributed by atoms with Gasteiger partial charge in [-0.15, -0.1) is 0 Å². The van der Waals surface area contributed by atoms with Crippen LogP contribution in [0.1, 0.15) is 57.4 Å². The number of carboxylic acids is 1. The van der Waals surface area contributed by atoms with Crippen LogP contribution in [-0.2, 0) is 9.59 Å². The van der Waals surface area contributed by atoms with Crippen molar-refractivity contribution in [2.45, 2.75) is 57.9 Å². The van der Waals surface area contributed by atoms with Crippen LogP contribution >= 0.6 is 0 Å². The van der Waals surface area contributed by atoms with Crippen molar-refractivity contribution in [2.24, 2.45) is 5.92 Å². The Bertz CT molecular complexity index is 738. The normalized spacial score (nSPS) is 20.8. The summed E-state index contributed by atoms with van der Waals surface area (Å²) < 4.78 is 5.25. The van der Waals surface area contributed by atoms with Gasteiger partial charge in [0.05, 0.1) is 19.6 Å². The van der Waals surface area contributed by atoms with Crippen LogP contribution in [0.2, 0.25) is 0 Å². The molecule has 1 saturated heterocycles. The summed E-state index contributed by atoms with van der Waals surface area (Å²) in [5.74, 6) is -0.588. The van der Waals surface area contributed by atoms with Crippen LogP contribution in [0, 0.1) is 5.92 Å². The van der Waals surface area contributed by atoms with Gasteiger partial charge in [0.2, 0.25) is 5.91 Å². The van der Waals surface area contributed by atoms with Crippen LogP contribution in [0.3, 0.4) is 0 Å². The average Bonchev–Trinajstić information content (AvgIpc) is 3.16. The van der Waals surface area contributed by atoms with Crippen LogP contribution in [0.4, 0.5) is 0 Å². The van der Waals surface area contributed by atoms with E-state index in [1.807, 2.05) is 36.1 Å². The molecule has 1 aromatic rings. The Labute approximate surface area is 199 Å². The first kappa shape index (κ1) is 27.1. The molecule has 0 spiro atoms. The first-order chi connectivity index (χ1) is 15.8. The largest absolute Gasteiger partial charge is 0.497 e. The fraction of sp³-hybridized carbons (Fsp3) is 0.692. The third kappa shape index (κ3) is 7.71. The van der Waals surface area contributed by atoms with Gasteiger partial charge >= 0.3 is 5.97 Å². The average molecular weight is 462 g/mol. The van der Waals surface area contributed by atoms with E-state index in [0.29, 0.717) is 13.0 Å². The number of unbranched alkanes of at least 4 members (excludes halogenated alkanes) is 2. The molecule has 1 aliphatic rings. The Kier molecular flexibility index (Phi) is 11.1. The summed E-state index contributed by atoms with van der Waals surface area (Å²) in [6.07, 6.45) is 4.78. The molecule has 0 bridgehead atoms. The lowest BCUT2D eigenvalue weighted by Crippen LogP contribution is -2.44. The number of carbonyl (C=O) groups is 2. The summed E-state index contributed by atoms with van der Waals surface area (Å²) in [7, 11) is 5.75. The summed E-state index contributed by atoms with van der Waals surface area (Å²) in [6.45, 7) is 7.57. The van der Waals surface area contributed by atoms with Gasteiger partial charge in [-0.2, -0.15) is 0 Å². The fourth-order valence-electron chi connectivity index (χ4n) is 4.91. The van der Waals surface area contributed by atoms with Gasteiger partial charge in [-0.3, -0.25) is 14.5 Å². The lowest BCUT2D eigenvalue weighted by atomic mass is 9.84. The lowest BCUT2D eigenvalue weighted by molar-refractivity contribution is -0.143. The highest BCUT2D eigenvalue weighted by Crippen LogP contribution is 2.39. The Morgan fingerprint density at radius 2 is 1.70 bits per heavy atom. The van der Waals surface area contributed by atoms with E-state index < -0.39 is 11.9 Å². The van der Waals surface area contributed by atoms with E-state index in [4.69, 9.17) is 4.74 Å². The van der Waals surface area contributed by atoms with Crippen molar-refractivity contribution in [1.82, 2.24) is 14.7 Å². The van der Waals surface area contributed by atoms with Crippen molar-refractivity contribution in [3.63, 3.8) is 0 Å². The molecular weight excluding hydrogens is 418 g/mol. The number of carbonyl (C=O) groups excluding carboxylic acids is 1. The van der Waals surface area contributed by atoms with Gasteiger partial charge in [0.25, 0.3) is 0 Å². The van der Waals surface area contributed by atoms with Crippen molar-refractivity contribution >= 4 is 11.9 Å². The minimum atomic E-state index is -0.788. The molecule has 33 heavy (non-hydrogen) atoms. The van der Waals surface area contributed by atoms with Crippen LogP contribution in [-0.4, -0.2) is 91.7 Å². The number of hydrogen-bond acceptors (Lipinski definition) is 5. The molecule has 3 atom stereocenters. The van der Waals surface area contributed by atoms with Crippen LogP contribution in [0.15, 0.2) is 24.3 Å². The first-order valence-electron chi connectivity index (χ1n) is 12.4. The maximum atomic E-state index is 13.3. The third-order valence-electron chi connectivity index (χ3n) is 6.75. The second-order valence-electron chi connectivity index (χ2n) is 9.39. The quantitative estimate of drug-likeness (QED) is 0.427. The zero-order valence-corrected chi connectivity index (χ0v) is 21.1. The highest BCUT2D eigenvalue weighted by Gasteiger charge is 2.46. The van der Waals surface area contributed by atoms with E-state index >= 15 is 0 Å². The van der Waals surface area contributed by atoms with Gasteiger partial charge in [0, 0.05) is 31.6 Å². The molecule has 0 aromatic heterocycles. The van der Waals surface area contributed by atoms with E-state index in [0.717, 1.165) is 56.6 Å². The SMILES string of the molecule is CCCCN(CCCCN(C)C)C(=O)CN1CC(c2ccc(OC)cc2)C(C(=O)O)C1CC. The molecular formula is C26H43N3O4. The highest BCUT2D eigenvalue weighted by molar-refractivity contribution is 5.79. The van der Waals surface area contributed by atoms with Crippen LogP contribution in [0.25, 0.3) is 0 Å². The first-order valence-corrected chi connectivity index (χ1v) is 12.4. The molecule has 1 aliphatic heterocycles. The fourth-order valence-corrected chi connectivity index (χ4v) is 4.91. The topological polar surface area (TPSA) is 73.3 Å². The number of ether oxygens (including phenoxy) is 1. The second-order valence-corrected chi connectivity index (χ2v) is 9.39. The van der Waals surface area contributed by atoms with Crippen molar-refractivity contribution in [2.75, 3.05) is 53.9 Å². The Hall–Kier alpha value is -2.12. The zero-order valence-electron chi connectivity index (χ0n) is 21.1. The van der Waals surface area contributed by atoms with Gasteiger partial charge in [0.1, 0.15) is 5.75 Å². The monoisotopic (exact) mass is 461 g/mol. The summed E-state index contributed by atoms with van der Waals surface area (Å²) >= 11 is 0. The van der Waals surface area contributed by atoms with Crippen molar-refractivity contribution in [1.29, 1.82) is 0 Å². The van der Waals surface area contributed by atoms with Crippen LogP contribution in [0.5, 0.6) is 5.75 Å². The Morgan fingerprint density at radius 3 is 2.24 bits per heavy atom. The van der Waals surface area contributed by atoms with Gasteiger partial charge in [-0.1, -0.05) is 32.4 Å². The van der Waals surface area contributed by atoms with Crippen LogP contribution < -0.4 is 4.74 Å². The Balaban J connectivity index is 2.12. The maximum Gasteiger partial charge on any atom is 0.308 e. The van der Waals surface area contributed by atoms with E-state index in [2.05, 4.69) is 30.8 Å². The summed E-state index contributed by atoms with van der Waals surface area (Å²) in [5, 5.41) is 10.1. The molecule has 0 aliphatic carbocycles. The summed E-state index contributed by atoms with van der Waals surface area (Å²) in [4.78, 5) is 31.8. The number of hydrogen-bond donors (Lipinski definition) is 1. The van der Waals surface area contributed by atoms with Crippen molar-refractivity contribution in [3.05, 3.63) is 29.8 Å². The highest BCUT2D eigenvalue weighted by atomic mass is 16.5. The zero-order chi connectivity index (χ0) is 24.4. The molecule has 3 unspecified atom stereocenters. The number of carboxylic acid groups (broad SMARTS) is 1. The number of likely N-dealkylation sites (tertiary alicyclic amines) is 1. The number of amides is 1. The van der Waals surface area contributed by atoms with E-state index in [-0.39, 0.29) is 24.4 Å². The van der Waals surface area contributed by atoms with Gasteiger partial charge in [-0.05, 0) is 64.0 Å². The lowest BCUT2D eigenvalue weighted by Gasteiger charge is -2.29. The molecule has 7 nitrogen and oxygen atoms in total. The van der Waals surface area contributed by atoms with Gasteiger partial charge in [0.15, 0.2) is 0 Å². The molecule has 1 N–H and O–H groups in total. The summed E-state index contributed by atoms with van der Waals surface area (Å²) in [5.41, 5.74) is 0.989. The number of methoxy groups -OCH3 is 1. The Morgan fingerprint density at radius 1 is 1.06 bits per heavy atom. The van der Waals surface area contributed by atoms with Crippen molar-refractivity contribution in [3.8, 4) is 5.75 Å². The molecule has 7 heteroatoms. The van der Waals surface area contributed by atoms with E-state index in [1.54, 1.807) is 7.11 Å². The van der Waals surface area contributed by atoms with E-state index in [9.17, 15) is 14.7 Å².